The number of amides is 1. The van der Waals surface area contributed by atoms with Crippen LogP contribution in [0.4, 0.5) is 0 Å². The van der Waals surface area contributed by atoms with Crippen molar-refractivity contribution < 1.29 is 9.53 Å². The van der Waals surface area contributed by atoms with Gasteiger partial charge in [0.15, 0.2) is 5.16 Å². The number of hydrogen-bond donors (Lipinski definition) is 1. The van der Waals surface area contributed by atoms with Gasteiger partial charge in [0.2, 0.25) is 5.91 Å². The second-order valence-electron chi connectivity index (χ2n) is 7.57. The summed E-state index contributed by atoms with van der Waals surface area (Å²) >= 11 is 7.34. The molecule has 31 heavy (non-hydrogen) atoms. The molecule has 6 nitrogen and oxygen atoms in total. The quantitative estimate of drug-likeness (QED) is 0.376. The van der Waals surface area contributed by atoms with E-state index in [0.717, 1.165) is 17.7 Å². The van der Waals surface area contributed by atoms with E-state index in [1.165, 1.54) is 11.8 Å². The van der Waals surface area contributed by atoms with Crippen LogP contribution in [0.2, 0.25) is 5.02 Å². The fourth-order valence-corrected chi connectivity index (χ4v) is 4.11. The summed E-state index contributed by atoms with van der Waals surface area (Å²) in [5.74, 6) is 1.17. The maximum absolute atomic E-state index is 13.1. The van der Waals surface area contributed by atoms with Crippen LogP contribution in [0.3, 0.4) is 0 Å². The monoisotopic (exact) mass is 459 g/mol. The number of nitrogens with zero attached hydrogens (tertiary/aromatic N) is 2. The number of nitrogens with one attached hydrogen (secondary N) is 1. The van der Waals surface area contributed by atoms with Gasteiger partial charge in [-0.3, -0.25) is 14.2 Å². The summed E-state index contributed by atoms with van der Waals surface area (Å²) in [5, 5.41) is 4.46. The molecule has 0 aliphatic carbocycles. The van der Waals surface area contributed by atoms with Crippen molar-refractivity contribution >= 4 is 40.2 Å². The molecule has 1 amide bonds. The van der Waals surface area contributed by atoms with Gasteiger partial charge in [-0.25, -0.2) is 4.98 Å². The zero-order valence-corrected chi connectivity index (χ0v) is 19.4. The lowest BCUT2D eigenvalue weighted by atomic mass is 10.1. The maximum atomic E-state index is 13.1. The number of hydrogen-bond acceptors (Lipinski definition) is 5. The predicted octanol–water partition coefficient (Wildman–Crippen LogP) is 4.51. The first-order valence-corrected chi connectivity index (χ1v) is 11.5. The summed E-state index contributed by atoms with van der Waals surface area (Å²) in [4.78, 5) is 30.1. The molecule has 3 aromatic rings. The van der Waals surface area contributed by atoms with Crippen molar-refractivity contribution in [1.82, 2.24) is 14.9 Å². The van der Waals surface area contributed by atoms with Crippen molar-refractivity contribution in [3.8, 4) is 5.75 Å². The first-order valence-electron chi connectivity index (χ1n) is 10.1. The van der Waals surface area contributed by atoms with Gasteiger partial charge < -0.3 is 10.1 Å². The maximum Gasteiger partial charge on any atom is 0.262 e. The number of benzene rings is 2. The molecule has 0 saturated heterocycles. The third kappa shape index (κ3) is 6.02. The van der Waals surface area contributed by atoms with Gasteiger partial charge >= 0.3 is 0 Å². The topological polar surface area (TPSA) is 73.2 Å². The van der Waals surface area contributed by atoms with E-state index >= 15 is 0 Å². The number of carbonyl (C=O) groups excluding carboxylic acids is 1. The van der Waals surface area contributed by atoms with E-state index < -0.39 is 0 Å². The van der Waals surface area contributed by atoms with E-state index in [2.05, 4.69) is 24.1 Å². The fourth-order valence-electron chi connectivity index (χ4n) is 3.09. The molecule has 0 bridgehead atoms. The third-order valence-electron chi connectivity index (χ3n) is 4.81. The number of rotatable bonds is 9. The van der Waals surface area contributed by atoms with Gasteiger partial charge in [-0.2, -0.15) is 0 Å². The number of fused-ring (bicyclic) bond motifs is 1. The SMILES string of the molecule is COc1ccccc1CNC(=O)CSc1nc2cc(Cl)ccc2c(=O)n1CCC(C)C. The Morgan fingerprint density at radius 2 is 2.03 bits per heavy atom. The average Bonchev–Trinajstić information content (AvgIpc) is 2.75. The first-order chi connectivity index (χ1) is 14.9. The molecule has 1 N–H and O–H groups in total. The molecule has 3 rings (SSSR count). The van der Waals surface area contributed by atoms with Crippen LogP contribution in [0.5, 0.6) is 5.75 Å². The average molecular weight is 460 g/mol. The molecule has 0 unspecified atom stereocenters. The van der Waals surface area contributed by atoms with Crippen molar-refractivity contribution in [2.75, 3.05) is 12.9 Å². The minimum atomic E-state index is -0.147. The van der Waals surface area contributed by atoms with Gasteiger partial charge in [-0.1, -0.05) is 55.4 Å². The van der Waals surface area contributed by atoms with E-state index in [0.29, 0.717) is 40.1 Å². The summed E-state index contributed by atoms with van der Waals surface area (Å²) in [6.07, 6.45) is 0.842. The van der Waals surface area contributed by atoms with Crippen molar-refractivity contribution in [2.24, 2.45) is 5.92 Å². The van der Waals surface area contributed by atoms with E-state index in [1.54, 1.807) is 29.9 Å². The molecule has 0 aliphatic heterocycles. The minimum Gasteiger partial charge on any atom is -0.496 e. The minimum absolute atomic E-state index is 0.112. The van der Waals surface area contributed by atoms with Gasteiger partial charge in [-0.05, 0) is 36.6 Å². The van der Waals surface area contributed by atoms with Crippen LogP contribution in [0.1, 0.15) is 25.8 Å². The lowest BCUT2D eigenvalue weighted by molar-refractivity contribution is -0.118. The molecule has 0 radical (unpaired) electrons. The Balaban J connectivity index is 1.76. The molecule has 8 heteroatoms. The highest BCUT2D eigenvalue weighted by Crippen LogP contribution is 2.21. The summed E-state index contributed by atoms with van der Waals surface area (Å²) in [7, 11) is 1.60. The zero-order valence-electron chi connectivity index (χ0n) is 17.9. The summed E-state index contributed by atoms with van der Waals surface area (Å²) < 4.78 is 6.98. The second kappa shape index (κ2) is 10.7. The summed E-state index contributed by atoms with van der Waals surface area (Å²) in [5.41, 5.74) is 1.32. The number of methoxy groups -OCH3 is 1. The number of halogens is 1. The Bertz CT molecular complexity index is 1130. The van der Waals surface area contributed by atoms with Gasteiger partial charge in [0.05, 0.1) is 23.8 Å². The molecule has 2 aromatic carbocycles. The van der Waals surface area contributed by atoms with Crippen LogP contribution < -0.4 is 15.6 Å². The van der Waals surface area contributed by atoms with E-state index in [9.17, 15) is 9.59 Å². The zero-order chi connectivity index (χ0) is 22.4. The normalized spacial score (nSPS) is 11.1. The highest BCUT2D eigenvalue weighted by atomic mass is 35.5. The van der Waals surface area contributed by atoms with Crippen LogP contribution in [0.25, 0.3) is 10.9 Å². The summed E-state index contributed by atoms with van der Waals surface area (Å²) in [6, 6.07) is 12.6. The lowest BCUT2D eigenvalue weighted by Crippen LogP contribution is -2.27. The fraction of sp³-hybridized carbons (Fsp3) is 0.348. The Morgan fingerprint density at radius 3 is 2.77 bits per heavy atom. The van der Waals surface area contributed by atoms with Crippen molar-refractivity contribution in [3.05, 3.63) is 63.4 Å². The van der Waals surface area contributed by atoms with Crippen molar-refractivity contribution in [1.29, 1.82) is 0 Å². The van der Waals surface area contributed by atoms with E-state index in [-0.39, 0.29) is 17.2 Å². The number of aromatic nitrogens is 2. The molecule has 0 saturated carbocycles. The molecule has 0 atom stereocenters. The highest BCUT2D eigenvalue weighted by molar-refractivity contribution is 7.99. The Kier molecular flexibility index (Phi) is 7.98. The molecular weight excluding hydrogens is 434 g/mol. The van der Waals surface area contributed by atoms with Gasteiger partial charge in [0.1, 0.15) is 5.75 Å². The van der Waals surface area contributed by atoms with Gasteiger partial charge in [0, 0.05) is 23.7 Å². The molecular formula is C23H26ClN3O3S. The molecule has 0 fully saturated rings. The van der Waals surface area contributed by atoms with Crippen LogP contribution >= 0.6 is 23.4 Å². The first kappa shape index (κ1) is 23.2. The van der Waals surface area contributed by atoms with Crippen LogP contribution in [-0.4, -0.2) is 28.3 Å². The van der Waals surface area contributed by atoms with Crippen LogP contribution in [-0.2, 0) is 17.9 Å². The number of carbonyl (C=O) groups is 1. The molecule has 0 aliphatic rings. The smallest absolute Gasteiger partial charge is 0.262 e. The Labute approximate surface area is 191 Å². The second-order valence-corrected chi connectivity index (χ2v) is 8.95. The van der Waals surface area contributed by atoms with Crippen molar-refractivity contribution in [3.63, 3.8) is 0 Å². The molecule has 1 heterocycles. The lowest BCUT2D eigenvalue weighted by Gasteiger charge is -2.14. The predicted molar refractivity (Wildman–Crippen MR) is 126 cm³/mol. The van der Waals surface area contributed by atoms with Crippen molar-refractivity contribution in [2.45, 2.75) is 38.5 Å². The number of ether oxygens (including phenoxy) is 1. The van der Waals surface area contributed by atoms with Gasteiger partial charge in [0.25, 0.3) is 5.56 Å². The molecule has 1 aromatic heterocycles. The molecule has 164 valence electrons. The van der Waals surface area contributed by atoms with Crippen LogP contribution in [0.15, 0.2) is 52.4 Å². The van der Waals surface area contributed by atoms with E-state index in [1.807, 2.05) is 24.3 Å². The number of para-hydroxylation sites is 1. The molecule has 0 spiro atoms. The van der Waals surface area contributed by atoms with E-state index in [4.69, 9.17) is 16.3 Å². The highest BCUT2D eigenvalue weighted by Gasteiger charge is 2.14. The number of thioether (sulfide) groups is 1. The van der Waals surface area contributed by atoms with Gasteiger partial charge in [-0.15, -0.1) is 0 Å². The standard InChI is InChI=1S/C23H26ClN3O3S/c1-15(2)10-11-27-22(29)18-9-8-17(24)12-19(18)26-23(27)31-14-21(28)25-13-16-6-4-5-7-20(16)30-3/h4-9,12,15H,10-11,13-14H2,1-3H3,(H,25,28). The third-order valence-corrected chi connectivity index (χ3v) is 6.02. The van der Waals surface area contributed by atoms with Crippen LogP contribution in [0, 0.1) is 5.92 Å². The largest absolute Gasteiger partial charge is 0.496 e. The Morgan fingerprint density at radius 1 is 1.26 bits per heavy atom. The Hall–Kier alpha value is -2.51. The summed E-state index contributed by atoms with van der Waals surface area (Å²) in [6.45, 7) is 5.13.